The van der Waals surface area contributed by atoms with E-state index < -0.39 is 0 Å². The lowest BCUT2D eigenvalue weighted by Crippen LogP contribution is -1.95. The zero-order valence-corrected chi connectivity index (χ0v) is 26.0. The molecular formula is C44H28N4. The molecule has 0 atom stereocenters. The molecule has 5 aromatic carbocycles. The van der Waals surface area contributed by atoms with Crippen LogP contribution in [0.3, 0.4) is 0 Å². The highest BCUT2D eigenvalue weighted by Crippen LogP contribution is 2.48. The topological polar surface area (TPSA) is 51.6 Å². The monoisotopic (exact) mass is 612 g/mol. The molecule has 48 heavy (non-hydrogen) atoms. The molecule has 0 N–H and O–H groups in total. The number of hydrogen-bond acceptors (Lipinski definition) is 4. The van der Waals surface area contributed by atoms with Gasteiger partial charge in [0.2, 0.25) is 0 Å². The highest BCUT2D eigenvalue weighted by molar-refractivity contribution is 6.23. The van der Waals surface area contributed by atoms with Crippen molar-refractivity contribution in [3.63, 3.8) is 0 Å². The van der Waals surface area contributed by atoms with Gasteiger partial charge in [-0.2, -0.15) is 0 Å². The van der Waals surface area contributed by atoms with Crippen molar-refractivity contribution in [2.75, 3.05) is 0 Å². The number of pyridine rings is 4. The van der Waals surface area contributed by atoms with E-state index in [-0.39, 0.29) is 0 Å². The maximum absolute atomic E-state index is 4.68. The average molecular weight is 613 g/mol. The van der Waals surface area contributed by atoms with Crippen molar-refractivity contribution < 1.29 is 0 Å². The quantitative estimate of drug-likeness (QED) is 0.181. The molecule has 0 fully saturated rings. The van der Waals surface area contributed by atoms with E-state index in [1.807, 2.05) is 49.6 Å². The van der Waals surface area contributed by atoms with Crippen LogP contribution in [-0.2, 0) is 0 Å². The Hall–Kier alpha value is -6.52. The van der Waals surface area contributed by atoms with Crippen molar-refractivity contribution in [2.24, 2.45) is 0 Å². The zero-order chi connectivity index (χ0) is 31.9. The van der Waals surface area contributed by atoms with Crippen LogP contribution in [0.15, 0.2) is 171 Å². The molecular weight excluding hydrogens is 585 g/mol. The summed E-state index contributed by atoms with van der Waals surface area (Å²) in [5.41, 5.74) is 11.2. The van der Waals surface area contributed by atoms with Gasteiger partial charge in [0.15, 0.2) is 0 Å². The third-order valence-corrected chi connectivity index (χ3v) is 9.27. The lowest BCUT2D eigenvalue weighted by atomic mass is 9.82. The van der Waals surface area contributed by atoms with Gasteiger partial charge in [-0.1, -0.05) is 72.8 Å². The average Bonchev–Trinajstić information content (AvgIpc) is 3.17. The normalized spacial score (nSPS) is 11.3. The first-order valence-corrected chi connectivity index (χ1v) is 16.0. The largest absolute Gasteiger partial charge is 0.265 e. The van der Waals surface area contributed by atoms with Crippen LogP contribution < -0.4 is 0 Å². The smallest absolute Gasteiger partial charge is 0.0353 e. The molecule has 0 spiro atoms. The Balaban J connectivity index is 1.41. The number of nitrogens with zero attached hydrogens (tertiary/aromatic N) is 4. The van der Waals surface area contributed by atoms with Gasteiger partial charge < -0.3 is 0 Å². The van der Waals surface area contributed by atoms with E-state index in [1.165, 1.54) is 16.3 Å². The van der Waals surface area contributed by atoms with Gasteiger partial charge in [-0.15, -0.1) is 0 Å². The molecule has 9 rings (SSSR count). The van der Waals surface area contributed by atoms with Crippen molar-refractivity contribution in [1.29, 1.82) is 0 Å². The molecule has 0 amide bonds. The number of aromatic nitrogens is 4. The van der Waals surface area contributed by atoms with Crippen LogP contribution in [0.1, 0.15) is 0 Å². The van der Waals surface area contributed by atoms with Crippen LogP contribution in [-0.4, -0.2) is 19.9 Å². The molecule has 4 nitrogen and oxygen atoms in total. The van der Waals surface area contributed by atoms with E-state index in [0.717, 1.165) is 71.6 Å². The number of benzene rings is 5. The highest BCUT2D eigenvalue weighted by Gasteiger charge is 2.21. The Morgan fingerprint density at radius 1 is 0.292 bits per heavy atom. The minimum Gasteiger partial charge on any atom is -0.265 e. The summed E-state index contributed by atoms with van der Waals surface area (Å²) in [7, 11) is 0. The van der Waals surface area contributed by atoms with E-state index in [9.17, 15) is 0 Å². The van der Waals surface area contributed by atoms with E-state index >= 15 is 0 Å². The molecule has 0 aliphatic heterocycles. The maximum Gasteiger partial charge on any atom is 0.0353 e. The summed E-state index contributed by atoms with van der Waals surface area (Å²) < 4.78 is 0. The van der Waals surface area contributed by atoms with Gasteiger partial charge in [0.25, 0.3) is 0 Å². The summed E-state index contributed by atoms with van der Waals surface area (Å²) in [6, 6.07) is 43.3. The molecule has 0 saturated carbocycles. The van der Waals surface area contributed by atoms with Crippen LogP contribution in [0.4, 0.5) is 0 Å². The van der Waals surface area contributed by atoms with Gasteiger partial charge in [-0.3, -0.25) is 19.9 Å². The van der Waals surface area contributed by atoms with Crippen LogP contribution in [0.2, 0.25) is 0 Å². The van der Waals surface area contributed by atoms with Crippen LogP contribution in [0.25, 0.3) is 88.0 Å². The predicted molar refractivity (Wildman–Crippen MR) is 197 cm³/mol. The molecule has 4 heterocycles. The molecule has 224 valence electrons. The summed E-state index contributed by atoms with van der Waals surface area (Å²) in [4.78, 5) is 17.9. The molecule has 0 radical (unpaired) electrons. The summed E-state index contributed by atoms with van der Waals surface area (Å²) in [5, 5.41) is 7.07. The second-order valence-corrected chi connectivity index (χ2v) is 11.9. The maximum atomic E-state index is 4.68. The molecule has 9 aromatic rings. The first kappa shape index (κ1) is 27.8. The van der Waals surface area contributed by atoms with E-state index in [1.54, 1.807) is 0 Å². The van der Waals surface area contributed by atoms with Crippen LogP contribution >= 0.6 is 0 Å². The molecule has 4 aromatic heterocycles. The van der Waals surface area contributed by atoms with Crippen LogP contribution in [0.5, 0.6) is 0 Å². The van der Waals surface area contributed by atoms with Gasteiger partial charge >= 0.3 is 0 Å². The fourth-order valence-electron chi connectivity index (χ4n) is 7.06. The third kappa shape index (κ3) is 4.70. The zero-order valence-electron chi connectivity index (χ0n) is 26.0. The van der Waals surface area contributed by atoms with Crippen LogP contribution in [0, 0.1) is 0 Å². The Kier molecular flexibility index (Phi) is 6.76. The predicted octanol–water partition coefficient (Wildman–Crippen LogP) is 11.1. The van der Waals surface area contributed by atoms with E-state index in [2.05, 4.69) is 141 Å². The molecule has 0 aliphatic carbocycles. The second kappa shape index (κ2) is 11.7. The standard InChI is InChI=1S/C44H28N4/c1-2-6-32-25-33(10-9-29(32)5-1)34-11-12-39-40(26-34)44(42-28-48-24-18-36(42)31-15-21-46-22-16-31)38-8-4-3-7-37(38)43(39)41-27-47-23-17-35(41)30-13-19-45-20-14-30/h1-28H. The Bertz CT molecular complexity index is 2610. The molecule has 0 unspecified atom stereocenters. The van der Waals surface area contributed by atoms with Crippen molar-refractivity contribution in [3.8, 4) is 55.6 Å². The minimum absolute atomic E-state index is 1.08. The van der Waals surface area contributed by atoms with Crippen molar-refractivity contribution >= 4 is 32.3 Å². The number of hydrogen-bond donors (Lipinski definition) is 0. The molecule has 0 saturated heterocycles. The minimum atomic E-state index is 1.08. The van der Waals surface area contributed by atoms with Crippen molar-refractivity contribution in [2.45, 2.75) is 0 Å². The van der Waals surface area contributed by atoms with E-state index in [0.29, 0.717) is 0 Å². The van der Waals surface area contributed by atoms with E-state index in [4.69, 9.17) is 0 Å². The lowest BCUT2D eigenvalue weighted by molar-refractivity contribution is 1.31. The molecule has 0 aliphatic rings. The first-order chi connectivity index (χ1) is 23.8. The number of fused-ring (bicyclic) bond motifs is 3. The van der Waals surface area contributed by atoms with Gasteiger partial charge in [-0.05, 0) is 125 Å². The Morgan fingerprint density at radius 2 is 0.771 bits per heavy atom. The summed E-state index contributed by atoms with van der Waals surface area (Å²) in [6.07, 6.45) is 15.1. The molecule has 4 heteroatoms. The van der Waals surface area contributed by atoms with Gasteiger partial charge in [0.1, 0.15) is 0 Å². The SMILES string of the molecule is c1ccc2cc(-c3ccc4c(-c5cnccc5-c5ccncc5)c5ccccc5c(-c5cnccc5-c5ccncc5)c4c3)ccc2c1. The number of rotatable bonds is 5. The molecule has 0 bridgehead atoms. The Labute approximate surface area is 278 Å². The summed E-state index contributed by atoms with van der Waals surface area (Å²) >= 11 is 0. The fourth-order valence-corrected chi connectivity index (χ4v) is 7.06. The van der Waals surface area contributed by atoms with Gasteiger partial charge in [0, 0.05) is 60.7 Å². The first-order valence-electron chi connectivity index (χ1n) is 16.0. The third-order valence-electron chi connectivity index (χ3n) is 9.27. The van der Waals surface area contributed by atoms with Gasteiger partial charge in [-0.25, -0.2) is 0 Å². The fraction of sp³-hybridized carbons (Fsp3) is 0. The summed E-state index contributed by atoms with van der Waals surface area (Å²) in [5.74, 6) is 0. The van der Waals surface area contributed by atoms with Crippen molar-refractivity contribution in [1.82, 2.24) is 19.9 Å². The highest BCUT2D eigenvalue weighted by atomic mass is 14.6. The lowest BCUT2D eigenvalue weighted by Gasteiger charge is -2.21. The second-order valence-electron chi connectivity index (χ2n) is 11.9. The summed E-state index contributed by atoms with van der Waals surface area (Å²) in [6.45, 7) is 0. The Morgan fingerprint density at radius 3 is 1.40 bits per heavy atom. The van der Waals surface area contributed by atoms with Gasteiger partial charge in [0.05, 0.1) is 0 Å². The van der Waals surface area contributed by atoms with Crippen molar-refractivity contribution in [3.05, 3.63) is 171 Å².